The highest BCUT2D eigenvalue weighted by atomic mass is 19.4. The van der Waals surface area contributed by atoms with Crippen molar-refractivity contribution >= 4 is 17.5 Å². The van der Waals surface area contributed by atoms with Crippen LogP contribution in [0, 0.1) is 11.3 Å². The van der Waals surface area contributed by atoms with E-state index in [0.717, 1.165) is 0 Å². The number of rotatable bonds is 10. The van der Waals surface area contributed by atoms with Crippen molar-refractivity contribution in [3.63, 3.8) is 0 Å². The quantitative estimate of drug-likeness (QED) is 0.235. The van der Waals surface area contributed by atoms with Crippen LogP contribution in [-0.2, 0) is 24.7 Å². The van der Waals surface area contributed by atoms with E-state index in [1.807, 2.05) is 0 Å². The molecule has 4 aromatic heterocycles. The maximum Gasteiger partial charge on any atom is 0.408 e. The number of nitrogens with one attached hydrogen (secondary N) is 2. The fraction of sp³-hybridized carbons (Fsp3) is 0.593. The number of aryl methyl sites for hydroxylation is 2. The van der Waals surface area contributed by atoms with Gasteiger partial charge in [0.15, 0.2) is 17.2 Å². The molecule has 21 heteroatoms. The lowest BCUT2D eigenvalue weighted by Crippen LogP contribution is -2.39. The molecule has 0 bridgehead atoms. The molecule has 2 aliphatic rings. The number of amides is 2. The van der Waals surface area contributed by atoms with E-state index >= 15 is 0 Å². The first-order chi connectivity index (χ1) is 22.6. The van der Waals surface area contributed by atoms with Crippen LogP contribution in [0.1, 0.15) is 84.3 Å². The molecule has 258 valence electrons. The lowest BCUT2D eigenvalue weighted by Gasteiger charge is -2.33. The molecular weight excluding hydrogens is 659 g/mol. The van der Waals surface area contributed by atoms with Crippen LogP contribution in [-0.4, -0.2) is 75.1 Å². The molecule has 14 nitrogen and oxygen atoms in total. The highest BCUT2D eigenvalue weighted by Crippen LogP contribution is 2.44. The number of aromatic nitrogens is 9. The number of halogens is 7. The Kier molecular flexibility index (Phi) is 8.56. The minimum atomic E-state index is -4.68. The SMILES string of the molecule is Cn1nnnc1CC[C@]1(Cc2cnn3cc([C@@H](NC(=O)c4nonc4C(F)F)C4CCC(F)(F)CC4)nc3c2)C[C@@H](C(F)(F)F)NC1=O. The zero-order valence-electron chi connectivity index (χ0n) is 25.1. The number of hydrogen-bond donors (Lipinski definition) is 2. The molecule has 3 atom stereocenters. The monoisotopic (exact) mass is 687 g/mol. The summed E-state index contributed by atoms with van der Waals surface area (Å²) in [4.78, 5) is 30.7. The van der Waals surface area contributed by atoms with Crippen molar-refractivity contribution in [2.45, 2.75) is 82.0 Å². The third-order valence-corrected chi connectivity index (χ3v) is 9.02. The van der Waals surface area contributed by atoms with Crippen molar-refractivity contribution in [2.24, 2.45) is 18.4 Å². The van der Waals surface area contributed by atoms with Crippen molar-refractivity contribution < 1.29 is 45.0 Å². The van der Waals surface area contributed by atoms with Gasteiger partial charge in [-0.1, -0.05) is 0 Å². The molecule has 4 aromatic rings. The first-order valence-corrected chi connectivity index (χ1v) is 14.9. The van der Waals surface area contributed by atoms with Gasteiger partial charge in [-0.05, 0) is 70.4 Å². The van der Waals surface area contributed by atoms with Gasteiger partial charge in [0, 0.05) is 26.3 Å². The molecule has 0 unspecified atom stereocenters. The summed E-state index contributed by atoms with van der Waals surface area (Å²) in [6.45, 7) is 0. The van der Waals surface area contributed by atoms with E-state index in [2.05, 4.69) is 51.2 Å². The van der Waals surface area contributed by atoms with E-state index in [4.69, 9.17) is 0 Å². The van der Waals surface area contributed by atoms with Crippen LogP contribution in [0.2, 0.25) is 0 Å². The van der Waals surface area contributed by atoms with E-state index in [-0.39, 0.29) is 43.4 Å². The number of hydrogen-bond acceptors (Lipinski definition) is 10. The molecular formula is C27H28F7N11O3. The van der Waals surface area contributed by atoms with E-state index in [1.165, 1.54) is 27.7 Å². The molecule has 1 saturated heterocycles. The first kappa shape index (κ1) is 33.2. The Morgan fingerprint density at radius 2 is 1.96 bits per heavy atom. The molecule has 0 radical (unpaired) electrons. The maximum absolute atomic E-state index is 14.0. The van der Waals surface area contributed by atoms with Crippen LogP contribution in [0.5, 0.6) is 0 Å². The zero-order chi connectivity index (χ0) is 34.4. The lowest BCUT2D eigenvalue weighted by molar-refractivity contribution is -0.155. The summed E-state index contributed by atoms with van der Waals surface area (Å²) in [7, 11) is 1.57. The maximum atomic E-state index is 14.0. The highest BCUT2D eigenvalue weighted by Gasteiger charge is 2.55. The van der Waals surface area contributed by atoms with Crippen molar-refractivity contribution in [2.75, 3.05) is 0 Å². The fourth-order valence-electron chi connectivity index (χ4n) is 6.42. The average Bonchev–Trinajstić information content (AvgIpc) is 3.81. The van der Waals surface area contributed by atoms with Crippen molar-refractivity contribution in [1.82, 2.24) is 55.8 Å². The lowest BCUT2D eigenvalue weighted by atomic mass is 9.75. The Bertz CT molecular complexity index is 1800. The van der Waals surface area contributed by atoms with Gasteiger partial charge in [0.25, 0.3) is 12.3 Å². The fourth-order valence-corrected chi connectivity index (χ4v) is 6.42. The topological polar surface area (TPSA) is 171 Å². The molecule has 5 heterocycles. The van der Waals surface area contributed by atoms with Gasteiger partial charge in [-0.3, -0.25) is 9.59 Å². The molecule has 0 spiro atoms. The molecule has 0 aromatic carbocycles. The Balaban J connectivity index is 1.30. The second-order valence-electron chi connectivity index (χ2n) is 12.2. The third-order valence-electron chi connectivity index (χ3n) is 9.02. The molecule has 1 saturated carbocycles. The summed E-state index contributed by atoms with van der Waals surface area (Å²) in [5, 5.41) is 26.4. The molecule has 48 heavy (non-hydrogen) atoms. The van der Waals surface area contributed by atoms with Gasteiger partial charge in [-0.15, -0.1) is 5.10 Å². The smallest absolute Gasteiger partial charge is 0.344 e. The highest BCUT2D eigenvalue weighted by molar-refractivity contribution is 5.93. The predicted molar refractivity (Wildman–Crippen MR) is 145 cm³/mol. The van der Waals surface area contributed by atoms with Crippen LogP contribution < -0.4 is 10.6 Å². The number of tetrazole rings is 1. The minimum absolute atomic E-state index is 0.0115. The zero-order valence-corrected chi connectivity index (χ0v) is 25.1. The third kappa shape index (κ3) is 6.66. The van der Waals surface area contributed by atoms with Crippen molar-refractivity contribution in [3.05, 3.63) is 46.9 Å². The summed E-state index contributed by atoms with van der Waals surface area (Å²) in [5.74, 6) is -4.97. The number of carbonyl (C=O) groups excluding carboxylic acids is 2. The van der Waals surface area contributed by atoms with Gasteiger partial charge < -0.3 is 10.6 Å². The second-order valence-corrected chi connectivity index (χ2v) is 12.2. The molecule has 2 amide bonds. The summed E-state index contributed by atoms with van der Waals surface area (Å²) in [6, 6.07) is -1.59. The number of imidazole rings is 1. The Morgan fingerprint density at radius 3 is 2.60 bits per heavy atom. The van der Waals surface area contributed by atoms with Gasteiger partial charge >= 0.3 is 6.18 Å². The number of alkyl halides is 7. The predicted octanol–water partition coefficient (Wildman–Crippen LogP) is 3.48. The van der Waals surface area contributed by atoms with Crippen LogP contribution in [0.15, 0.2) is 23.1 Å². The van der Waals surface area contributed by atoms with Gasteiger partial charge in [-0.25, -0.2) is 36.4 Å². The summed E-state index contributed by atoms with van der Waals surface area (Å²) < 4.78 is 103. The normalized spacial score (nSPS) is 22.4. The number of nitrogens with zero attached hydrogens (tertiary/aromatic N) is 9. The molecule has 1 aliphatic heterocycles. The largest absolute Gasteiger partial charge is 0.408 e. The second kappa shape index (κ2) is 12.4. The number of fused-ring (bicyclic) bond motifs is 1. The van der Waals surface area contributed by atoms with Gasteiger partial charge in [0.1, 0.15) is 6.04 Å². The van der Waals surface area contributed by atoms with Gasteiger partial charge in [0.2, 0.25) is 17.5 Å². The van der Waals surface area contributed by atoms with Crippen LogP contribution in [0.4, 0.5) is 30.7 Å². The van der Waals surface area contributed by atoms with Crippen LogP contribution >= 0.6 is 0 Å². The standard InChI is InChI=1S/C27H28F7N11O3/c1-44-17(39-42-43-44)4-5-25(10-16(27(32,33)34)37-24(25)47)9-13-8-18-36-15(12-45(18)35-11-13)19(14-2-6-26(30,31)7-3-14)38-23(46)21-20(22(28)29)40-48-41-21/h8,11-12,14,16,19,22H,2-7,9-10H2,1H3,(H,37,47)(H,38,46)/t16-,19-,25-/m0/s1. The van der Waals surface area contributed by atoms with E-state index in [9.17, 15) is 40.3 Å². The van der Waals surface area contributed by atoms with E-state index in [1.54, 1.807) is 7.05 Å². The van der Waals surface area contributed by atoms with E-state index in [0.29, 0.717) is 11.4 Å². The van der Waals surface area contributed by atoms with Gasteiger partial charge in [0.05, 0.1) is 29.5 Å². The van der Waals surface area contributed by atoms with Crippen LogP contribution in [0.3, 0.4) is 0 Å². The first-order valence-electron chi connectivity index (χ1n) is 14.9. The summed E-state index contributed by atoms with van der Waals surface area (Å²) in [6.07, 6.45) is -6.64. The molecule has 2 N–H and O–H groups in total. The molecule has 2 fully saturated rings. The molecule has 6 rings (SSSR count). The van der Waals surface area contributed by atoms with Crippen molar-refractivity contribution in [1.29, 1.82) is 0 Å². The summed E-state index contributed by atoms with van der Waals surface area (Å²) >= 11 is 0. The minimum Gasteiger partial charge on any atom is -0.344 e. The average molecular weight is 688 g/mol. The van der Waals surface area contributed by atoms with Crippen LogP contribution in [0.25, 0.3) is 5.65 Å². The Morgan fingerprint density at radius 1 is 1.21 bits per heavy atom. The van der Waals surface area contributed by atoms with Crippen molar-refractivity contribution in [3.8, 4) is 0 Å². The van der Waals surface area contributed by atoms with Gasteiger partial charge in [-0.2, -0.15) is 18.3 Å². The Labute approximate surface area is 265 Å². The number of carbonyl (C=O) groups is 2. The van der Waals surface area contributed by atoms with E-state index < -0.39 is 84.4 Å². The molecule has 1 aliphatic carbocycles. The summed E-state index contributed by atoms with van der Waals surface area (Å²) in [5.41, 5.74) is -2.54. The Hall–Kier alpha value is -4.72.